The molecule has 0 aromatic carbocycles. The molecule has 0 atom stereocenters. The molecule has 13 heavy (non-hydrogen) atoms. The molecule has 0 amide bonds. The van der Waals surface area contributed by atoms with E-state index in [0.29, 0.717) is 0 Å². The molecule has 1 aromatic rings. The minimum Gasteiger partial charge on any atom is -0.494 e. The summed E-state index contributed by atoms with van der Waals surface area (Å²) in [5.74, 6) is -0.265. The monoisotopic (exact) mass is 190 g/mol. The number of halogens is 2. The normalized spacial score (nSPS) is 10.5. The minimum atomic E-state index is -2.90. The first kappa shape index (κ1) is 9.50. The van der Waals surface area contributed by atoms with Crippen molar-refractivity contribution in [3.8, 4) is 5.75 Å². The van der Waals surface area contributed by atoms with Gasteiger partial charge in [0.1, 0.15) is 5.56 Å². The zero-order valence-corrected chi connectivity index (χ0v) is 6.80. The van der Waals surface area contributed by atoms with E-state index in [9.17, 15) is 13.6 Å². The van der Waals surface area contributed by atoms with Crippen molar-refractivity contribution < 1.29 is 13.5 Å². The Morgan fingerprint density at radius 2 is 2.23 bits per heavy atom. The van der Waals surface area contributed by atoms with E-state index in [1.807, 2.05) is 0 Å². The van der Waals surface area contributed by atoms with E-state index in [-0.39, 0.29) is 11.4 Å². The molecule has 1 aromatic heterocycles. The number of hydrogen-bond acceptors (Lipinski definition) is 3. The third-order valence-electron chi connectivity index (χ3n) is 1.53. The largest absolute Gasteiger partial charge is 0.494 e. The Balaban J connectivity index is 3.44. The molecule has 72 valence electrons. The molecule has 0 radical (unpaired) electrons. The summed E-state index contributed by atoms with van der Waals surface area (Å²) in [6.45, 7) is 0. The molecule has 3 N–H and O–H groups in total. The molecule has 1 heterocycles. The van der Waals surface area contributed by atoms with Crippen LogP contribution in [-0.2, 0) is 0 Å². The first-order valence-electron chi connectivity index (χ1n) is 3.41. The number of nitrogens with one attached hydrogen (secondary N) is 1. The lowest BCUT2D eigenvalue weighted by molar-refractivity contribution is 0.145. The van der Waals surface area contributed by atoms with Crippen LogP contribution in [-0.4, -0.2) is 12.1 Å². The quantitative estimate of drug-likeness (QED) is 0.728. The van der Waals surface area contributed by atoms with Crippen LogP contribution in [0, 0.1) is 0 Å². The Morgan fingerprint density at radius 3 is 2.62 bits per heavy atom. The number of pyridine rings is 1. The number of nitrogen functional groups attached to an aromatic ring is 1. The molecule has 0 aliphatic heterocycles. The number of alkyl halides is 2. The number of anilines is 1. The number of hydrogen-bond donors (Lipinski definition) is 2. The first-order chi connectivity index (χ1) is 6.07. The Hall–Kier alpha value is -1.59. The van der Waals surface area contributed by atoms with Crippen molar-refractivity contribution in [1.82, 2.24) is 4.98 Å². The highest BCUT2D eigenvalue weighted by Crippen LogP contribution is 2.29. The number of ether oxygens (including phenoxy) is 1. The second-order valence-corrected chi connectivity index (χ2v) is 2.32. The third kappa shape index (κ3) is 1.61. The van der Waals surface area contributed by atoms with Crippen molar-refractivity contribution in [3.63, 3.8) is 0 Å². The maximum absolute atomic E-state index is 12.3. The molecule has 0 aliphatic rings. The van der Waals surface area contributed by atoms with Crippen LogP contribution in [0.25, 0.3) is 0 Å². The predicted octanol–water partition coefficient (Wildman–Crippen LogP) is 0.903. The van der Waals surface area contributed by atoms with E-state index >= 15 is 0 Å². The summed E-state index contributed by atoms with van der Waals surface area (Å²) in [5, 5.41) is 0. The topological polar surface area (TPSA) is 68.1 Å². The van der Waals surface area contributed by atoms with Gasteiger partial charge in [-0.15, -0.1) is 0 Å². The number of nitrogens with two attached hydrogens (primary N) is 1. The van der Waals surface area contributed by atoms with Gasteiger partial charge in [-0.05, 0) is 0 Å². The van der Waals surface area contributed by atoms with Crippen molar-refractivity contribution in [2.75, 3.05) is 12.8 Å². The fourth-order valence-electron chi connectivity index (χ4n) is 0.971. The van der Waals surface area contributed by atoms with Crippen molar-refractivity contribution >= 4 is 5.69 Å². The fourth-order valence-corrected chi connectivity index (χ4v) is 0.971. The van der Waals surface area contributed by atoms with E-state index in [1.54, 1.807) is 0 Å². The summed E-state index contributed by atoms with van der Waals surface area (Å²) in [6.07, 6.45) is -1.78. The van der Waals surface area contributed by atoms with E-state index in [0.717, 1.165) is 6.20 Å². The average molecular weight is 190 g/mol. The van der Waals surface area contributed by atoms with Crippen LogP contribution >= 0.6 is 0 Å². The van der Waals surface area contributed by atoms with E-state index < -0.39 is 17.5 Å². The van der Waals surface area contributed by atoms with Gasteiger partial charge in [-0.1, -0.05) is 0 Å². The molecule has 0 aliphatic carbocycles. The molecule has 0 unspecified atom stereocenters. The number of aromatic amines is 1. The summed E-state index contributed by atoms with van der Waals surface area (Å²) in [6, 6.07) is 0. The van der Waals surface area contributed by atoms with Crippen LogP contribution in [0.2, 0.25) is 0 Å². The lowest BCUT2D eigenvalue weighted by Crippen LogP contribution is -2.15. The minimum absolute atomic E-state index is 0.0163. The maximum Gasteiger partial charge on any atom is 0.272 e. The smallest absolute Gasteiger partial charge is 0.272 e. The van der Waals surface area contributed by atoms with Crippen LogP contribution in [0.5, 0.6) is 5.75 Å². The predicted molar refractivity (Wildman–Crippen MR) is 43.0 cm³/mol. The Bertz CT molecular complexity index is 362. The van der Waals surface area contributed by atoms with Gasteiger partial charge in [0, 0.05) is 6.20 Å². The van der Waals surface area contributed by atoms with Gasteiger partial charge >= 0.3 is 0 Å². The van der Waals surface area contributed by atoms with Gasteiger partial charge < -0.3 is 15.5 Å². The fraction of sp³-hybridized carbons (Fsp3) is 0.286. The van der Waals surface area contributed by atoms with Crippen LogP contribution < -0.4 is 16.0 Å². The van der Waals surface area contributed by atoms with Crippen molar-refractivity contribution in [2.45, 2.75) is 6.43 Å². The molecular formula is C7H8F2N2O2. The molecule has 1 rings (SSSR count). The van der Waals surface area contributed by atoms with Gasteiger partial charge in [-0.2, -0.15) is 0 Å². The summed E-state index contributed by atoms with van der Waals surface area (Å²) >= 11 is 0. The van der Waals surface area contributed by atoms with Crippen LogP contribution in [0.1, 0.15) is 12.0 Å². The standard InChI is InChI=1S/C7H8F2N2O2/c1-13-5-3(10)2-11-7(12)4(5)6(8)9/h2,6H,10H2,1H3,(H,11,12). The Morgan fingerprint density at radius 1 is 1.62 bits per heavy atom. The van der Waals surface area contributed by atoms with E-state index in [2.05, 4.69) is 9.72 Å². The maximum atomic E-state index is 12.3. The zero-order valence-electron chi connectivity index (χ0n) is 6.80. The second-order valence-electron chi connectivity index (χ2n) is 2.32. The summed E-state index contributed by atoms with van der Waals surface area (Å²) in [5.41, 5.74) is 3.67. The number of methoxy groups -OCH3 is 1. The molecule has 0 spiro atoms. The summed E-state index contributed by atoms with van der Waals surface area (Å²) < 4.78 is 29.2. The van der Waals surface area contributed by atoms with E-state index in [1.165, 1.54) is 7.11 Å². The number of rotatable bonds is 2. The Kier molecular flexibility index (Phi) is 2.50. The zero-order chi connectivity index (χ0) is 10.0. The highest BCUT2D eigenvalue weighted by molar-refractivity contribution is 5.54. The van der Waals surface area contributed by atoms with Crippen molar-refractivity contribution in [1.29, 1.82) is 0 Å². The van der Waals surface area contributed by atoms with Crippen molar-refractivity contribution in [3.05, 3.63) is 22.1 Å². The molecular weight excluding hydrogens is 182 g/mol. The lowest BCUT2D eigenvalue weighted by atomic mass is 10.2. The number of H-pyrrole nitrogens is 1. The highest BCUT2D eigenvalue weighted by atomic mass is 19.3. The van der Waals surface area contributed by atoms with Gasteiger partial charge in [0.2, 0.25) is 0 Å². The molecule has 0 saturated carbocycles. The molecule has 6 heteroatoms. The first-order valence-corrected chi connectivity index (χ1v) is 3.41. The van der Waals surface area contributed by atoms with E-state index in [4.69, 9.17) is 5.73 Å². The molecule has 0 saturated heterocycles. The average Bonchev–Trinajstić information content (AvgIpc) is 2.07. The molecule has 0 fully saturated rings. The second kappa shape index (κ2) is 3.42. The molecule has 4 nitrogen and oxygen atoms in total. The molecule has 0 bridgehead atoms. The van der Waals surface area contributed by atoms with Gasteiger partial charge in [-0.3, -0.25) is 4.79 Å². The van der Waals surface area contributed by atoms with Crippen LogP contribution in [0.4, 0.5) is 14.5 Å². The number of aromatic nitrogens is 1. The Labute approximate surface area is 72.3 Å². The van der Waals surface area contributed by atoms with Gasteiger partial charge in [0.05, 0.1) is 12.8 Å². The van der Waals surface area contributed by atoms with Crippen molar-refractivity contribution in [2.24, 2.45) is 0 Å². The highest BCUT2D eigenvalue weighted by Gasteiger charge is 2.20. The van der Waals surface area contributed by atoms with Gasteiger partial charge in [0.15, 0.2) is 5.75 Å². The van der Waals surface area contributed by atoms with Gasteiger partial charge in [-0.25, -0.2) is 8.78 Å². The summed E-state index contributed by atoms with van der Waals surface area (Å²) in [4.78, 5) is 13.0. The summed E-state index contributed by atoms with van der Waals surface area (Å²) in [7, 11) is 1.18. The SMILES string of the molecule is COc1c(N)c[nH]c(=O)c1C(F)F. The van der Waals surface area contributed by atoms with Crippen LogP contribution in [0.3, 0.4) is 0 Å². The third-order valence-corrected chi connectivity index (χ3v) is 1.53. The lowest BCUT2D eigenvalue weighted by Gasteiger charge is -2.08. The van der Waals surface area contributed by atoms with Crippen LogP contribution in [0.15, 0.2) is 11.0 Å². The van der Waals surface area contributed by atoms with Gasteiger partial charge in [0.25, 0.3) is 12.0 Å².